The second kappa shape index (κ2) is 3.65. The molecule has 1 aliphatic carbocycles. The van der Waals surface area contributed by atoms with Crippen LogP contribution < -0.4 is 0 Å². The number of fused-ring (bicyclic) bond motifs is 1. The zero-order chi connectivity index (χ0) is 9.10. The molecule has 1 aromatic rings. The number of allylic oxidation sites excluding steroid dienone is 1. The number of rotatable bonds is 1. The Bertz CT molecular complexity index is 326. The van der Waals surface area contributed by atoms with Gasteiger partial charge in [0.05, 0.1) is 13.4 Å². The van der Waals surface area contributed by atoms with Gasteiger partial charge in [-0.15, -0.1) is 0 Å². The summed E-state index contributed by atoms with van der Waals surface area (Å²) in [5, 5.41) is 0. The van der Waals surface area contributed by atoms with Crippen LogP contribution in [0.25, 0.3) is 5.57 Å². The highest BCUT2D eigenvalue weighted by molar-refractivity contribution is 5.69. The molecule has 13 heavy (non-hydrogen) atoms. The molecule has 0 fully saturated rings. The summed E-state index contributed by atoms with van der Waals surface area (Å²) in [5.41, 5.74) is 4.16. The third kappa shape index (κ3) is 1.59. The van der Waals surface area contributed by atoms with Gasteiger partial charge in [-0.3, -0.25) is 0 Å². The first-order valence-corrected chi connectivity index (χ1v) is 4.72. The topological polar surface area (TPSA) is 9.23 Å². The standard InChI is InChI=1S/C12H14O/c1-13-9-11-7-4-6-10-5-2-3-8-12(10)11/h2-3,5,8-9H,4,6-7H2,1H3/b11-9-. The molecule has 1 aliphatic rings. The summed E-state index contributed by atoms with van der Waals surface area (Å²) in [6.07, 6.45) is 5.46. The number of hydrogen-bond donors (Lipinski definition) is 0. The number of methoxy groups -OCH3 is 1. The van der Waals surface area contributed by atoms with E-state index in [1.807, 2.05) is 6.26 Å². The van der Waals surface area contributed by atoms with Crippen LogP contribution in [0.3, 0.4) is 0 Å². The van der Waals surface area contributed by atoms with Crippen LogP contribution in [-0.2, 0) is 11.2 Å². The minimum atomic E-state index is 1.14. The predicted molar refractivity (Wildman–Crippen MR) is 54.4 cm³/mol. The van der Waals surface area contributed by atoms with Crippen molar-refractivity contribution in [3.05, 3.63) is 41.7 Å². The zero-order valence-electron chi connectivity index (χ0n) is 7.92. The highest BCUT2D eigenvalue weighted by atomic mass is 16.5. The molecule has 0 spiro atoms. The van der Waals surface area contributed by atoms with Crippen molar-refractivity contribution in [2.75, 3.05) is 7.11 Å². The molecule has 1 aromatic carbocycles. The maximum atomic E-state index is 5.08. The molecule has 2 rings (SSSR count). The Hall–Kier alpha value is -1.24. The largest absolute Gasteiger partial charge is 0.504 e. The lowest BCUT2D eigenvalue weighted by molar-refractivity contribution is 0.338. The summed E-state index contributed by atoms with van der Waals surface area (Å²) in [5.74, 6) is 0. The van der Waals surface area contributed by atoms with Crippen LogP contribution in [0.4, 0.5) is 0 Å². The zero-order valence-corrected chi connectivity index (χ0v) is 7.92. The molecule has 0 bridgehead atoms. The Labute approximate surface area is 79.0 Å². The lowest BCUT2D eigenvalue weighted by atomic mass is 9.88. The van der Waals surface area contributed by atoms with E-state index >= 15 is 0 Å². The van der Waals surface area contributed by atoms with Crippen molar-refractivity contribution < 1.29 is 4.74 Å². The molecular weight excluding hydrogens is 160 g/mol. The Morgan fingerprint density at radius 3 is 2.92 bits per heavy atom. The van der Waals surface area contributed by atoms with E-state index in [1.54, 1.807) is 7.11 Å². The number of hydrogen-bond acceptors (Lipinski definition) is 1. The Morgan fingerprint density at radius 1 is 1.23 bits per heavy atom. The Kier molecular flexibility index (Phi) is 2.35. The first-order valence-electron chi connectivity index (χ1n) is 4.72. The summed E-state index contributed by atoms with van der Waals surface area (Å²) in [6.45, 7) is 0. The highest BCUT2D eigenvalue weighted by Gasteiger charge is 2.12. The summed E-state index contributed by atoms with van der Waals surface area (Å²) in [7, 11) is 1.71. The highest BCUT2D eigenvalue weighted by Crippen LogP contribution is 2.30. The van der Waals surface area contributed by atoms with E-state index in [2.05, 4.69) is 24.3 Å². The van der Waals surface area contributed by atoms with E-state index in [-0.39, 0.29) is 0 Å². The van der Waals surface area contributed by atoms with Gasteiger partial charge in [-0.25, -0.2) is 0 Å². The second-order valence-electron chi connectivity index (χ2n) is 3.39. The van der Waals surface area contributed by atoms with Crippen molar-refractivity contribution in [1.29, 1.82) is 0 Å². The fourth-order valence-corrected chi connectivity index (χ4v) is 1.92. The lowest BCUT2D eigenvalue weighted by Gasteiger charge is -2.17. The summed E-state index contributed by atoms with van der Waals surface area (Å²) in [6, 6.07) is 8.58. The van der Waals surface area contributed by atoms with Crippen LogP contribution in [0.2, 0.25) is 0 Å². The van der Waals surface area contributed by atoms with E-state index < -0.39 is 0 Å². The molecule has 0 amide bonds. The molecule has 68 valence electrons. The maximum Gasteiger partial charge on any atom is 0.0862 e. The molecule has 0 heterocycles. The van der Waals surface area contributed by atoms with Gasteiger partial charge < -0.3 is 4.74 Å². The Morgan fingerprint density at radius 2 is 2.08 bits per heavy atom. The van der Waals surface area contributed by atoms with Gasteiger partial charge in [0.2, 0.25) is 0 Å². The number of benzene rings is 1. The van der Waals surface area contributed by atoms with E-state index in [0.29, 0.717) is 0 Å². The van der Waals surface area contributed by atoms with E-state index in [9.17, 15) is 0 Å². The molecule has 0 N–H and O–H groups in total. The number of ether oxygens (including phenoxy) is 1. The third-order valence-corrected chi connectivity index (χ3v) is 2.52. The van der Waals surface area contributed by atoms with Gasteiger partial charge in [0, 0.05) is 0 Å². The fourth-order valence-electron chi connectivity index (χ4n) is 1.92. The fraction of sp³-hybridized carbons (Fsp3) is 0.333. The molecule has 0 unspecified atom stereocenters. The maximum absolute atomic E-state index is 5.08. The molecule has 0 saturated heterocycles. The van der Waals surface area contributed by atoms with Crippen LogP contribution in [0.1, 0.15) is 24.0 Å². The summed E-state index contributed by atoms with van der Waals surface area (Å²) >= 11 is 0. The first-order chi connectivity index (χ1) is 6.42. The van der Waals surface area contributed by atoms with Crippen LogP contribution in [0, 0.1) is 0 Å². The van der Waals surface area contributed by atoms with Crippen molar-refractivity contribution in [3.63, 3.8) is 0 Å². The molecule has 1 heteroatoms. The normalized spacial score (nSPS) is 18.4. The van der Waals surface area contributed by atoms with E-state index in [1.165, 1.54) is 29.5 Å². The Balaban J connectivity index is 2.42. The van der Waals surface area contributed by atoms with E-state index in [0.717, 1.165) is 6.42 Å². The SMILES string of the molecule is CO/C=C1/CCCc2ccccc21. The van der Waals surface area contributed by atoms with Gasteiger partial charge in [-0.05, 0) is 36.0 Å². The molecule has 0 atom stereocenters. The smallest absolute Gasteiger partial charge is 0.0862 e. The summed E-state index contributed by atoms with van der Waals surface area (Å²) in [4.78, 5) is 0. The van der Waals surface area contributed by atoms with Crippen molar-refractivity contribution in [3.8, 4) is 0 Å². The average molecular weight is 174 g/mol. The quantitative estimate of drug-likeness (QED) is 0.595. The van der Waals surface area contributed by atoms with Gasteiger partial charge in [0.15, 0.2) is 0 Å². The molecular formula is C12H14O. The van der Waals surface area contributed by atoms with Gasteiger partial charge in [0.25, 0.3) is 0 Å². The minimum absolute atomic E-state index is 1.14. The molecule has 0 radical (unpaired) electrons. The van der Waals surface area contributed by atoms with Gasteiger partial charge in [0.1, 0.15) is 0 Å². The molecule has 0 saturated carbocycles. The van der Waals surface area contributed by atoms with Crippen LogP contribution in [-0.4, -0.2) is 7.11 Å². The average Bonchev–Trinajstić information content (AvgIpc) is 2.19. The van der Waals surface area contributed by atoms with Gasteiger partial charge in [-0.1, -0.05) is 24.3 Å². The van der Waals surface area contributed by atoms with Crippen molar-refractivity contribution in [2.45, 2.75) is 19.3 Å². The third-order valence-electron chi connectivity index (χ3n) is 2.52. The van der Waals surface area contributed by atoms with Crippen molar-refractivity contribution in [2.24, 2.45) is 0 Å². The molecule has 0 aromatic heterocycles. The van der Waals surface area contributed by atoms with Crippen molar-refractivity contribution in [1.82, 2.24) is 0 Å². The second-order valence-corrected chi connectivity index (χ2v) is 3.39. The van der Waals surface area contributed by atoms with E-state index in [4.69, 9.17) is 4.74 Å². The summed E-state index contributed by atoms with van der Waals surface area (Å²) < 4.78 is 5.08. The first kappa shape index (κ1) is 8.36. The lowest BCUT2D eigenvalue weighted by Crippen LogP contribution is -2.01. The predicted octanol–water partition coefficient (Wildman–Crippen LogP) is 3.01. The minimum Gasteiger partial charge on any atom is -0.504 e. The molecule has 1 nitrogen and oxygen atoms in total. The van der Waals surface area contributed by atoms with Gasteiger partial charge >= 0.3 is 0 Å². The molecule has 0 aliphatic heterocycles. The monoisotopic (exact) mass is 174 g/mol. The van der Waals surface area contributed by atoms with Crippen LogP contribution in [0.15, 0.2) is 30.5 Å². The van der Waals surface area contributed by atoms with Crippen LogP contribution >= 0.6 is 0 Å². The van der Waals surface area contributed by atoms with Crippen LogP contribution in [0.5, 0.6) is 0 Å². The van der Waals surface area contributed by atoms with Crippen molar-refractivity contribution >= 4 is 5.57 Å². The van der Waals surface area contributed by atoms with Gasteiger partial charge in [-0.2, -0.15) is 0 Å². The number of aryl methyl sites for hydroxylation is 1.